The molecule has 0 bridgehead atoms. The fraction of sp³-hybridized carbons (Fsp3) is 0.591. The first-order valence-corrected chi connectivity index (χ1v) is 12.6. The van der Waals surface area contributed by atoms with E-state index in [0.29, 0.717) is 5.75 Å². The molecule has 1 unspecified atom stereocenters. The van der Waals surface area contributed by atoms with Gasteiger partial charge in [-0.1, -0.05) is 12.8 Å². The number of rotatable bonds is 7. The normalized spacial score (nSPS) is 19.0. The van der Waals surface area contributed by atoms with Crippen LogP contribution in [-0.2, 0) is 24.3 Å². The monoisotopic (exact) mass is 481 g/mol. The van der Waals surface area contributed by atoms with Gasteiger partial charge in [0.25, 0.3) is 5.91 Å². The average molecular weight is 482 g/mol. The van der Waals surface area contributed by atoms with Gasteiger partial charge in [0.05, 0.1) is 17.9 Å². The summed E-state index contributed by atoms with van der Waals surface area (Å²) in [7, 11) is -2.18. The van der Waals surface area contributed by atoms with Crippen molar-refractivity contribution >= 4 is 27.9 Å². The van der Waals surface area contributed by atoms with Gasteiger partial charge in [-0.15, -0.1) is 0 Å². The average Bonchev–Trinajstić information content (AvgIpc) is 3.31. The van der Waals surface area contributed by atoms with Gasteiger partial charge in [0, 0.05) is 19.1 Å². The van der Waals surface area contributed by atoms with E-state index in [1.807, 2.05) is 0 Å². The number of imide groups is 1. The van der Waals surface area contributed by atoms with E-state index in [2.05, 4.69) is 10.6 Å². The molecule has 3 amide bonds. The predicted octanol–water partition coefficient (Wildman–Crippen LogP) is 1.80. The first-order chi connectivity index (χ1) is 15.7. The lowest BCUT2D eigenvalue weighted by Crippen LogP contribution is -2.48. The Morgan fingerprint density at radius 2 is 1.64 bits per heavy atom. The van der Waals surface area contributed by atoms with Crippen LogP contribution in [0.2, 0.25) is 0 Å². The first-order valence-electron chi connectivity index (χ1n) is 11.2. The van der Waals surface area contributed by atoms with Gasteiger partial charge in [-0.3, -0.25) is 14.9 Å². The van der Waals surface area contributed by atoms with Crippen molar-refractivity contribution < 1.29 is 32.3 Å². The minimum absolute atomic E-state index is 0.0648. The number of sulfonamides is 1. The van der Waals surface area contributed by atoms with E-state index >= 15 is 0 Å². The van der Waals surface area contributed by atoms with Gasteiger partial charge in [0.2, 0.25) is 10.0 Å². The van der Waals surface area contributed by atoms with Gasteiger partial charge in [-0.2, -0.15) is 4.31 Å². The second-order valence-electron chi connectivity index (χ2n) is 8.38. The smallest absolute Gasteiger partial charge is 0.321 e. The Labute approximate surface area is 194 Å². The van der Waals surface area contributed by atoms with Crippen LogP contribution in [0.3, 0.4) is 0 Å². The van der Waals surface area contributed by atoms with Crippen LogP contribution in [0.5, 0.6) is 5.75 Å². The Morgan fingerprint density at radius 1 is 1.03 bits per heavy atom. The Hall–Kier alpha value is -2.66. The third-order valence-corrected chi connectivity index (χ3v) is 7.99. The first kappa shape index (κ1) is 25.0. The van der Waals surface area contributed by atoms with Crippen LogP contribution in [-0.4, -0.2) is 63.0 Å². The lowest BCUT2D eigenvalue weighted by atomic mass is 9.98. The zero-order chi connectivity index (χ0) is 24.0. The summed E-state index contributed by atoms with van der Waals surface area (Å²) in [6, 6.07) is 5.60. The maximum Gasteiger partial charge on any atom is 0.321 e. The Balaban J connectivity index is 1.46. The SMILES string of the molecule is COc1ccc(S(=O)(=O)N2CCC(C(=O)OC(C)C(=O)NC(=O)NC3CCCC3)CC2)cc1. The number of urea groups is 1. The van der Waals surface area contributed by atoms with Crippen LogP contribution in [0.25, 0.3) is 0 Å². The molecule has 3 rings (SSSR count). The number of amides is 3. The number of ether oxygens (including phenoxy) is 2. The number of esters is 1. The summed E-state index contributed by atoms with van der Waals surface area (Å²) >= 11 is 0. The zero-order valence-corrected chi connectivity index (χ0v) is 19.7. The summed E-state index contributed by atoms with van der Waals surface area (Å²) in [6.45, 7) is 1.73. The molecule has 1 aromatic carbocycles. The third-order valence-electron chi connectivity index (χ3n) is 6.07. The molecule has 2 N–H and O–H groups in total. The minimum atomic E-state index is -3.68. The zero-order valence-electron chi connectivity index (χ0n) is 18.9. The number of nitrogens with one attached hydrogen (secondary N) is 2. The standard InChI is InChI=1S/C22H31N3O7S/c1-15(20(26)24-22(28)23-17-5-3-4-6-17)32-21(27)16-11-13-25(14-12-16)33(29,30)19-9-7-18(31-2)8-10-19/h7-10,15-17H,3-6,11-14H2,1-2H3,(H2,23,24,26,28). The van der Waals surface area contributed by atoms with Gasteiger partial charge in [-0.05, 0) is 56.9 Å². The number of benzene rings is 1. The second-order valence-corrected chi connectivity index (χ2v) is 10.3. The largest absolute Gasteiger partial charge is 0.497 e. The lowest BCUT2D eigenvalue weighted by Gasteiger charge is -2.30. The van der Waals surface area contributed by atoms with Crippen molar-refractivity contribution in [1.82, 2.24) is 14.9 Å². The van der Waals surface area contributed by atoms with Crippen LogP contribution in [0, 0.1) is 5.92 Å². The molecule has 10 nitrogen and oxygen atoms in total. The number of carbonyl (C=O) groups is 3. The Morgan fingerprint density at radius 3 is 2.21 bits per heavy atom. The molecule has 11 heteroatoms. The molecule has 1 atom stereocenters. The van der Waals surface area contributed by atoms with Gasteiger partial charge < -0.3 is 14.8 Å². The van der Waals surface area contributed by atoms with Crippen molar-refractivity contribution in [3.8, 4) is 5.75 Å². The summed E-state index contributed by atoms with van der Waals surface area (Å²) in [4.78, 5) is 36.8. The Kier molecular flexibility index (Phi) is 8.30. The van der Waals surface area contributed by atoms with Crippen LogP contribution < -0.4 is 15.4 Å². The highest BCUT2D eigenvalue weighted by molar-refractivity contribution is 7.89. The van der Waals surface area contributed by atoms with E-state index in [1.165, 1.54) is 30.5 Å². The number of hydrogen-bond donors (Lipinski definition) is 2. The van der Waals surface area contributed by atoms with Gasteiger partial charge in [0.15, 0.2) is 6.10 Å². The molecule has 33 heavy (non-hydrogen) atoms. The highest BCUT2D eigenvalue weighted by Crippen LogP contribution is 2.26. The van der Waals surface area contributed by atoms with E-state index in [-0.39, 0.29) is 36.9 Å². The summed E-state index contributed by atoms with van der Waals surface area (Å²) in [5.41, 5.74) is 0. The molecule has 2 aliphatic rings. The van der Waals surface area contributed by atoms with Crippen molar-refractivity contribution in [2.24, 2.45) is 5.92 Å². The van der Waals surface area contributed by atoms with Crippen LogP contribution in [0.15, 0.2) is 29.2 Å². The molecule has 1 saturated heterocycles. The fourth-order valence-electron chi connectivity index (χ4n) is 4.06. The Bertz CT molecular complexity index is 951. The highest BCUT2D eigenvalue weighted by atomic mass is 32.2. The van der Waals surface area contributed by atoms with Crippen molar-refractivity contribution in [3.05, 3.63) is 24.3 Å². The van der Waals surface area contributed by atoms with Crippen molar-refractivity contribution in [3.63, 3.8) is 0 Å². The van der Waals surface area contributed by atoms with Crippen LogP contribution in [0.1, 0.15) is 45.4 Å². The van der Waals surface area contributed by atoms with E-state index < -0.39 is 40.0 Å². The van der Waals surface area contributed by atoms with Gasteiger partial charge in [-0.25, -0.2) is 13.2 Å². The summed E-state index contributed by atoms with van der Waals surface area (Å²) in [5, 5.41) is 4.94. The minimum Gasteiger partial charge on any atom is -0.497 e. The molecular formula is C22H31N3O7S. The third kappa shape index (κ3) is 6.44. The fourth-order valence-corrected chi connectivity index (χ4v) is 5.53. The van der Waals surface area contributed by atoms with Gasteiger partial charge >= 0.3 is 12.0 Å². The molecular weight excluding hydrogens is 450 g/mol. The van der Waals surface area contributed by atoms with Crippen molar-refractivity contribution in [1.29, 1.82) is 0 Å². The molecule has 1 heterocycles. The number of carbonyl (C=O) groups excluding carboxylic acids is 3. The molecule has 1 aliphatic carbocycles. The molecule has 182 valence electrons. The molecule has 1 saturated carbocycles. The second kappa shape index (κ2) is 11.0. The van der Waals surface area contributed by atoms with Crippen LogP contribution >= 0.6 is 0 Å². The molecule has 0 aromatic heterocycles. The molecule has 0 spiro atoms. The van der Waals surface area contributed by atoms with E-state index in [9.17, 15) is 22.8 Å². The maximum absolute atomic E-state index is 12.8. The van der Waals surface area contributed by atoms with Crippen molar-refractivity contribution in [2.75, 3.05) is 20.2 Å². The topological polar surface area (TPSA) is 131 Å². The number of methoxy groups -OCH3 is 1. The van der Waals surface area contributed by atoms with E-state index in [0.717, 1.165) is 25.7 Å². The predicted molar refractivity (Wildman–Crippen MR) is 119 cm³/mol. The van der Waals surface area contributed by atoms with Crippen LogP contribution in [0.4, 0.5) is 4.79 Å². The number of piperidine rings is 1. The highest BCUT2D eigenvalue weighted by Gasteiger charge is 2.34. The summed E-state index contributed by atoms with van der Waals surface area (Å²) < 4.78 is 37.3. The number of nitrogens with zero attached hydrogens (tertiary/aromatic N) is 1. The quantitative estimate of drug-likeness (QED) is 0.568. The lowest BCUT2D eigenvalue weighted by molar-refractivity contribution is -0.159. The molecule has 0 radical (unpaired) electrons. The summed E-state index contributed by atoms with van der Waals surface area (Å²) in [6.07, 6.45) is 3.31. The molecule has 1 aromatic rings. The maximum atomic E-state index is 12.8. The van der Waals surface area contributed by atoms with E-state index in [4.69, 9.17) is 9.47 Å². The van der Waals surface area contributed by atoms with Crippen molar-refractivity contribution in [2.45, 2.75) is 62.5 Å². The number of hydrogen-bond acceptors (Lipinski definition) is 7. The molecule has 2 fully saturated rings. The summed E-state index contributed by atoms with van der Waals surface area (Å²) in [5.74, 6) is -1.23. The van der Waals surface area contributed by atoms with E-state index in [1.54, 1.807) is 12.1 Å². The van der Waals surface area contributed by atoms with Gasteiger partial charge in [0.1, 0.15) is 5.75 Å². The molecule has 1 aliphatic heterocycles.